The van der Waals surface area contributed by atoms with Crippen LogP contribution in [0.4, 0.5) is 13.2 Å². The first-order valence-corrected chi connectivity index (χ1v) is 10.0. The van der Waals surface area contributed by atoms with Crippen LogP contribution in [0.2, 0.25) is 0 Å². The van der Waals surface area contributed by atoms with Gasteiger partial charge < -0.3 is 9.64 Å². The summed E-state index contributed by atoms with van der Waals surface area (Å²) in [5.74, 6) is -0.619. The van der Waals surface area contributed by atoms with Crippen LogP contribution in [0.15, 0.2) is 28.9 Å². The number of alkyl halides is 3. The molecule has 1 saturated heterocycles. The van der Waals surface area contributed by atoms with Gasteiger partial charge in [0.2, 0.25) is 5.91 Å². The van der Waals surface area contributed by atoms with Crippen LogP contribution in [0.3, 0.4) is 0 Å². The Hall–Kier alpha value is -2.91. The Balaban J connectivity index is 1.74. The Kier molecular flexibility index (Phi) is 6.66. The van der Waals surface area contributed by atoms with E-state index in [-0.39, 0.29) is 25.4 Å². The maximum atomic E-state index is 13.1. The highest BCUT2D eigenvalue weighted by Gasteiger charge is 2.44. The molecule has 0 bridgehead atoms. The van der Waals surface area contributed by atoms with Gasteiger partial charge in [0, 0.05) is 13.1 Å². The van der Waals surface area contributed by atoms with E-state index in [1.54, 1.807) is 24.8 Å². The molecule has 1 amide bonds. The summed E-state index contributed by atoms with van der Waals surface area (Å²) in [4.78, 5) is 27.0. The highest BCUT2D eigenvalue weighted by Crippen LogP contribution is 2.38. The van der Waals surface area contributed by atoms with Crippen molar-refractivity contribution in [3.8, 4) is 0 Å². The molecule has 168 valence electrons. The minimum absolute atomic E-state index is 0.0371. The van der Waals surface area contributed by atoms with E-state index < -0.39 is 23.1 Å². The highest BCUT2D eigenvalue weighted by molar-refractivity contribution is 5.80. The summed E-state index contributed by atoms with van der Waals surface area (Å²) in [5.41, 5.74) is -0.338. The lowest BCUT2D eigenvalue weighted by Gasteiger charge is -2.40. The maximum absolute atomic E-state index is 13.1. The molecule has 0 atom stereocenters. The molecular weight excluding hydrogens is 415 g/mol. The molecule has 1 aliphatic rings. The molecule has 0 aliphatic carbocycles. The molecule has 2 aromatic rings. The Morgan fingerprint density at radius 1 is 1.23 bits per heavy atom. The normalized spacial score (nSPS) is 16.2. The first-order valence-electron chi connectivity index (χ1n) is 10.0. The van der Waals surface area contributed by atoms with Gasteiger partial charge in [-0.15, -0.1) is 0 Å². The summed E-state index contributed by atoms with van der Waals surface area (Å²) < 4.78 is 49.1. The van der Waals surface area contributed by atoms with Gasteiger partial charge in [-0.05, 0) is 44.7 Å². The SMILES string of the molecule is CCOC(=O)C1(Cc2cccc(C(F)(F)F)c2)CCN(C(=O)Cc2nonc2C)CC1. The van der Waals surface area contributed by atoms with Crippen LogP contribution < -0.4 is 0 Å². The van der Waals surface area contributed by atoms with Crippen LogP contribution >= 0.6 is 0 Å². The fraction of sp³-hybridized carbons (Fsp3) is 0.524. The van der Waals surface area contributed by atoms with E-state index in [0.717, 1.165) is 12.1 Å². The molecule has 10 heteroatoms. The molecule has 0 saturated carbocycles. The second kappa shape index (κ2) is 9.07. The van der Waals surface area contributed by atoms with Crippen LogP contribution in [0.5, 0.6) is 0 Å². The molecular formula is C21H24F3N3O4. The molecule has 1 aromatic carbocycles. The number of amides is 1. The van der Waals surface area contributed by atoms with E-state index >= 15 is 0 Å². The average molecular weight is 439 g/mol. The minimum atomic E-state index is -4.46. The smallest absolute Gasteiger partial charge is 0.416 e. The maximum Gasteiger partial charge on any atom is 0.416 e. The number of halogens is 3. The lowest BCUT2D eigenvalue weighted by atomic mass is 9.73. The Morgan fingerprint density at radius 2 is 1.94 bits per heavy atom. The number of esters is 1. The van der Waals surface area contributed by atoms with E-state index in [1.807, 2.05) is 0 Å². The summed E-state index contributed by atoms with van der Waals surface area (Å²) >= 11 is 0. The zero-order chi connectivity index (χ0) is 22.6. The predicted molar refractivity (Wildman–Crippen MR) is 103 cm³/mol. The van der Waals surface area contributed by atoms with Crippen molar-refractivity contribution in [1.82, 2.24) is 15.2 Å². The molecule has 3 rings (SSSR count). The fourth-order valence-corrected chi connectivity index (χ4v) is 3.83. The number of carbonyl (C=O) groups excluding carboxylic acids is 2. The summed E-state index contributed by atoms with van der Waals surface area (Å²) in [6.45, 7) is 4.13. The van der Waals surface area contributed by atoms with Crippen molar-refractivity contribution >= 4 is 11.9 Å². The second-order valence-electron chi connectivity index (χ2n) is 7.73. The third kappa shape index (κ3) is 5.23. The summed E-state index contributed by atoms with van der Waals surface area (Å²) in [6, 6.07) is 4.99. The number of nitrogens with zero attached hydrogens (tertiary/aromatic N) is 3. The number of ether oxygens (including phenoxy) is 1. The third-order valence-electron chi connectivity index (χ3n) is 5.64. The number of rotatable bonds is 6. The number of hydrogen-bond donors (Lipinski definition) is 0. The average Bonchev–Trinajstić information content (AvgIpc) is 3.12. The predicted octanol–water partition coefficient (Wildman–Crippen LogP) is 3.35. The van der Waals surface area contributed by atoms with Gasteiger partial charge in [-0.2, -0.15) is 13.2 Å². The standard InChI is InChI=1S/C21H24F3N3O4/c1-3-30-19(29)20(13-15-5-4-6-16(11-15)21(22,23)24)7-9-27(10-8-20)18(28)12-17-14(2)25-31-26-17/h4-6,11H,3,7-10,12-13H2,1-2H3. The van der Waals surface area contributed by atoms with Gasteiger partial charge in [0.25, 0.3) is 0 Å². The van der Waals surface area contributed by atoms with Crippen molar-refractivity contribution in [3.05, 3.63) is 46.8 Å². The number of carbonyl (C=O) groups is 2. The van der Waals surface area contributed by atoms with Crippen LogP contribution in [0.1, 0.15) is 42.3 Å². The first-order chi connectivity index (χ1) is 14.6. The molecule has 0 radical (unpaired) electrons. The van der Waals surface area contributed by atoms with Crippen LogP contribution in [0, 0.1) is 12.3 Å². The molecule has 1 fully saturated rings. The third-order valence-corrected chi connectivity index (χ3v) is 5.64. The molecule has 0 unspecified atom stereocenters. The quantitative estimate of drug-likeness (QED) is 0.642. The number of aromatic nitrogens is 2. The van der Waals surface area contributed by atoms with Crippen molar-refractivity contribution < 1.29 is 32.1 Å². The van der Waals surface area contributed by atoms with Crippen molar-refractivity contribution in [2.75, 3.05) is 19.7 Å². The topological polar surface area (TPSA) is 85.5 Å². The summed E-state index contributed by atoms with van der Waals surface area (Å²) in [5, 5.41) is 7.37. The van der Waals surface area contributed by atoms with Crippen LogP contribution in [-0.4, -0.2) is 46.8 Å². The first kappa shape index (κ1) is 22.8. The van der Waals surface area contributed by atoms with Gasteiger partial charge in [0.15, 0.2) is 0 Å². The zero-order valence-electron chi connectivity index (χ0n) is 17.4. The largest absolute Gasteiger partial charge is 0.466 e. The highest BCUT2D eigenvalue weighted by atomic mass is 19.4. The van der Waals surface area contributed by atoms with Gasteiger partial charge in [-0.1, -0.05) is 28.5 Å². The number of benzene rings is 1. The molecule has 1 aromatic heterocycles. The van der Waals surface area contributed by atoms with E-state index in [0.29, 0.717) is 42.9 Å². The van der Waals surface area contributed by atoms with Gasteiger partial charge in [-0.3, -0.25) is 9.59 Å². The number of hydrogen-bond acceptors (Lipinski definition) is 6. The molecule has 2 heterocycles. The minimum Gasteiger partial charge on any atom is -0.466 e. The van der Waals surface area contributed by atoms with Gasteiger partial charge in [0.1, 0.15) is 11.4 Å². The molecule has 0 N–H and O–H groups in total. The zero-order valence-corrected chi connectivity index (χ0v) is 17.4. The summed E-state index contributed by atoms with van der Waals surface area (Å²) in [6.07, 6.45) is -3.72. The van der Waals surface area contributed by atoms with Gasteiger partial charge in [-0.25, -0.2) is 4.63 Å². The van der Waals surface area contributed by atoms with E-state index in [1.165, 1.54) is 6.07 Å². The van der Waals surface area contributed by atoms with E-state index in [2.05, 4.69) is 14.9 Å². The number of aryl methyl sites for hydroxylation is 1. The van der Waals surface area contributed by atoms with Crippen LogP contribution in [0.25, 0.3) is 0 Å². The lowest BCUT2D eigenvalue weighted by molar-refractivity contribution is -0.160. The Labute approximate surface area is 177 Å². The van der Waals surface area contributed by atoms with Crippen molar-refractivity contribution in [3.63, 3.8) is 0 Å². The van der Waals surface area contributed by atoms with Crippen molar-refractivity contribution in [1.29, 1.82) is 0 Å². The van der Waals surface area contributed by atoms with Crippen LogP contribution in [-0.2, 0) is 33.3 Å². The number of likely N-dealkylation sites (tertiary alicyclic amines) is 1. The van der Waals surface area contributed by atoms with E-state index in [4.69, 9.17) is 4.74 Å². The second-order valence-corrected chi connectivity index (χ2v) is 7.73. The lowest BCUT2D eigenvalue weighted by Crippen LogP contribution is -2.48. The Morgan fingerprint density at radius 3 is 2.52 bits per heavy atom. The van der Waals surface area contributed by atoms with Crippen molar-refractivity contribution in [2.24, 2.45) is 5.41 Å². The Bertz CT molecular complexity index is 934. The number of piperidine rings is 1. The van der Waals surface area contributed by atoms with Gasteiger partial charge in [0.05, 0.1) is 24.0 Å². The molecule has 31 heavy (non-hydrogen) atoms. The van der Waals surface area contributed by atoms with Crippen molar-refractivity contribution in [2.45, 2.75) is 45.7 Å². The van der Waals surface area contributed by atoms with Gasteiger partial charge >= 0.3 is 12.1 Å². The molecule has 7 nitrogen and oxygen atoms in total. The monoisotopic (exact) mass is 439 g/mol. The molecule has 1 aliphatic heterocycles. The van der Waals surface area contributed by atoms with E-state index in [9.17, 15) is 22.8 Å². The molecule has 0 spiro atoms. The summed E-state index contributed by atoms with van der Waals surface area (Å²) in [7, 11) is 0. The fourth-order valence-electron chi connectivity index (χ4n) is 3.83.